The van der Waals surface area contributed by atoms with E-state index in [2.05, 4.69) is 20.9 Å². The lowest BCUT2D eigenvalue weighted by molar-refractivity contribution is 0.0665. The van der Waals surface area contributed by atoms with Gasteiger partial charge >= 0.3 is 5.97 Å². The van der Waals surface area contributed by atoms with Gasteiger partial charge in [0, 0.05) is 23.7 Å². The minimum Gasteiger partial charge on any atom is -0.475 e. The molecule has 5 heteroatoms. The van der Waals surface area contributed by atoms with Crippen LogP contribution >= 0.6 is 15.9 Å². The molecule has 0 fully saturated rings. The summed E-state index contributed by atoms with van der Waals surface area (Å²) in [6, 6.07) is 3.07. The van der Waals surface area contributed by atoms with E-state index in [4.69, 9.17) is 9.52 Å². The third-order valence-electron chi connectivity index (χ3n) is 1.58. The molecule has 2 rings (SSSR count). The van der Waals surface area contributed by atoms with Crippen LogP contribution in [0.1, 0.15) is 10.6 Å². The Balaban J connectivity index is 2.68. The monoisotopic (exact) mass is 241 g/mol. The highest BCUT2D eigenvalue weighted by molar-refractivity contribution is 9.10. The van der Waals surface area contributed by atoms with Crippen LogP contribution < -0.4 is 0 Å². The molecule has 0 bridgehead atoms. The van der Waals surface area contributed by atoms with Crippen molar-refractivity contribution < 1.29 is 14.3 Å². The van der Waals surface area contributed by atoms with Crippen molar-refractivity contribution in [1.29, 1.82) is 0 Å². The molecule has 0 aromatic carbocycles. The van der Waals surface area contributed by atoms with Crippen LogP contribution in [0.2, 0.25) is 0 Å². The molecule has 1 N–H and O–H groups in total. The van der Waals surface area contributed by atoms with Gasteiger partial charge in [0.15, 0.2) is 0 Å². The Hall–Kier alpha value is -1.36. The SMILES string of the molecule is O=C(O)c1cc2cnc(Br)cc2o1. The van der Waals surface area contributed by atoms with Crippen molar-refractivity contribution in [2.45, 2.75) is 0 Å². The zero-order valence-corrected chi connectivity index (χ0v) is 7.91. The number of aromatic nitrogens is 1. The van der Waals surface area contributed by atoms with Gasteiger partial charge in [-0.3, -0.25) is 0 Å². The summed E-state index contributed by atoms with van der Waals surface area (Å²) in [6.45, 7) is 0. The normalized spacial score (nSPS) is 10.5. The van der Waals surface area contributed by atoms with Gasteiger partial charge in [-0.15, -0.1) is 0 Å². The third-order valence-corrected chi connectivity index (χ3v) is 2.01. The number of pyridine rings is 1. The quantitative estimate of drug-likeness (QED) is 0.779. The van der Waals surface area contributed by atoms with Crippen LogP contribution in [0.15, 0.2) is 27.3 Å². The molecule has 2 heterocycles. The van der Waals surface area contributed by atoms with Gasteiger partial charge in [0.25, 0.3) is 0 Å². The Morgan fingerprint density at radius 3 is 3.00 bits per heavy atom. The number of carboxylic acid groups (broad SMARTS) is 1. The maximum absolute atomic E-state index is 10.5. The molecule has 0 aliphatic rings. The number of carboxylic acids is 1. The highest BCUT2D eigenvalue weighted by Crippen LogP contribution is 2.21. The number of carbonyl (C=O) groups is 1. The van der Waals surface area contributed by atoms with E-state index in [-0.39, 0.29) is 5.76 Å². The van der Waals surface area contributed by atoms with E-state index < -0.39 is 5.97 Å². The Bertz CT molecular complexity index is 477. The van der Waals surface area contributed by atoms with E-state index in [0.717, 1.165) is 0 Å². The number of rotatable bonds is 1. The highest BCUT2D eigenvalue weighted by atomic mass is 79.9. The van der Waals surface area contributed by atoms with Gasteiger partial charge in [0.05, 0.1) is 0 Å². The fourth-order valence-corrected chi connectivity index (χ4v) is 1.33. The number of nitrogens with zero attached hydrogens (tertiary/aromatic N) is 1. The Morgan fingerprint density at radius 1 is 1.54 bits per heavy atom. The minimum absolute atomic E-state index is 0.0742. The average molecular weight is 242 g/mol. The molecule has 0 radical (unpaired) electrons. The number of halogens is 1. The lowest BCUT2D eigenvalue weighted by Crippen LogP contribution is -1.91. The van der Waals surface area contributed by atoms with Crippen molar-refractivity contribution in [2.24, 2.45) is 0 Å². The molecule has 2 aromatic rings. The molecule has 0 aliphatic heterocycles. The van der Waals surface area contributed by atoms with Crippen molar-refractivity contribution >= 4 is 32.9 Å². The summed E-state index contributed by atoms with van der Waals surface area (Å²) < 4.78 is 5.66. The first kappa shape index (κ1) is 8.25. The fourth-order valence-electron chi connectivity index (χ4n) is 1.01. The molecule has 0 unspecified atom stereocenters. The number of hydrogen-bond donors (Lipinski definition) is 1. The molecule has 13 heavy (non-hydrogen) atoms. The topological polar surface area (TPSA) is 63.3 Å². The van der Waals surface area contributed by atoms with Gasteiger partial charge in [0.1, 0.15) is 10.2 Å². The standard InChI is InChI=1S/C8H4BrNO3/c9-7-2-5-4(3-10-7)1-6(13-5)8(11)12/h1-3H,(H,11,12). The molecule has 66 valence electrons. The van der Waals surface area contributed by atoms with Gasteiger partial charge in [0.2, 0.25) is 5.76 Å². The van der Waals surface area contributed by atoms with Crippen molar-refractivity contribution in [3.05, 3.63) is 28.7 Å². The van der Waals surface area contributed by atoms with E-state index in [1.54, 1.807) is 12.3 Å². The first-order valence-electron chi connectivity index (χ1n) is 3.45. The van der Waals surface area contributed by atoms with E-state index in [0.29, 0.717) is 15.6 Å². The fraction of sp³-hybridized carbons (Fsp3) is 0. The van der Waals surface area contributed by atoms with Gasteiger partial charge in [-0.25, -0.2) is 9.78 Å². The van der Waals surface area contributed by atoms with Crippen molar-refractivity contribution in [3.63, 3.8) is 0 Å². The second kappa shape index (κ2) is 2.85. The molecule has 0 saturated carbocycles. The first-order chi connectivity index (χ1) is 6.16. The van der Waals surface area contributed by atoms with Crippen LogP contribution in [0, 0.1) is 0 Å². The molecule has 0 spiro atoms. The Morgan fingerprint density at radius 2 is 2.31 bits per heavy atom. The van der Waals surface area contributed by atoms with E-state index in [1.807, 2.05) is 0 Å². The van der Waals surface area contributed by atoms with Gasteiger partial charge in [-0.1, -0.05) is 0 Å². The van der Waals surface area contributed by atoms with Crippen LogP contribution in [-0.2, 0) is 0 Å². The lowest BCUT2D eigenvalue weighted by Gasteiger charge is -1.87. The molecule has 0 amide bonds. The van der Waals surface area contributed by atoms with E-state index >= 15 is 0 Å². The second-order valence-corrected chi connectivity index (χ2v) is 3.27. The Kier molecular flexibility index (Phi) is 1.81. The van der Waals surface area contributed by atoms with Crippen molar-refractivity contribution in [1.82, 2.24) is 4.98 Å². The number of aromatic carboxylic acids is 1. The lowest BCUT2D eigenvalue weighted by atomic mass is 10.3. The van der Waals surface area contributed by atoms with Gasteiger partial charge in [-0.05, 0) is 15.9 Å². The summed E-state index contributed by atoms with van der Waals surface area (Å²) in [4.78, 5) is 14.5. The van der Waals surface area contributed by atoms with Crippen LogP contribution in [0.3, 0.4) is 0 Å². The molecule has 0 atom stereocenters. The van der Waals surface area contributed by atoms with E-state index in [9.17, 15) is 4.79 Å². The second-order valence-electron chi connectivity index (χ2n) is 2.46. The number of hydrogen-bond acceptors (Lipinski definition) is 3. The maximum atomic E-state index is 10.5. The summed E-state index contributed by atoms with van der Waals surface area (Å²) in [5.41, 5.74) is 0.513. The summed E-state index contributed by atoms with van der Waals surface area (Å²) in [5, 5.41) is 9.31. The molecule has 2 aromatic heterocycles. The van der Waals surface area contributed by atoms with Crippen molar-refractivity contribution in [3.8, 4) is 0 Å². The average Bonchev–Trinajstić information content (AvgIpc) is 2.46. The molecular formula is C8H4BrNO3. The minimum atomic E-state index is -1.08. The molecule has 0 saturated heterocycles. The zero-order chi connectivity index (χ0) is 9.42. The van der Waals surface area contributed by atoms with Crippen LogP contribution in [0.4, 0.5) is 0 Å². The number of fused-ring (bicyclic) bond motifs is 1. The van der Waals surface area contributed by atoms with Gasteiger partial charge < -0.3 is 9.52 Å². The summed E-state index contributed by atoms with van der Waals surface area (Å²) in [6.07, 6.45) is 1.55. The summed E-state index contributed by atoms with van der Waals surface area (Å²) in [7, 11) is 0. The molecular weight excluding hydrogens is 238 g/mol. The third kappa shape index (κ3) is 1.42. The predicted molar refractivity (Wildman–Crippen MR) is 48.7 cm³/mol. The smallest absolute Gasteiger partial charge is 0.371 e. The van der Waals surface area contributed by atoms with Crippen LogP contribution in [0.5, 0.6) is 0 Å². The largest absolute Gasteiger partial charge is 0.475 e. The van der Waals surface area contributed by atoms with Crippen LogP contribution in [0.25, 0.3) is 11.0 Å². The van der Waals surface area contributed by atoms with Crippen LogP contribution in [-0.4, -0.2) is 16.1 Å². The Labute approximate surface area is 81.3 Å². The van der Waals surface area contributed by atoms with Crippen molar-refractivity contribution in [2.75, 3.05) is 0 Å². The zero-order valence-electron chi connectivity index (χ0n) is 6.32. The molecule has 4 nitrogen and oxygen atoms in total. The first-order valence-corrected chi connectivity index (χ1v) is 4.24. The summed E-state index contributed by atoms with van der Waals surface area (Å²) in [5.74, 6) is -1.15. The summed E-state index contributed by atoms with van der Waals surface area (Å²) >= 11 is 3.16. The molecule has 0 aliphatic carbocycles. The van der Waals surface area contributed by atoms with Gasteiger partial charge in [-0.2, -0.15) is 0 Å². The predicted octanol–water partition coefficient (Wildman–Crippen LogP) is 2.29. The van der Waals surface area contributed by atoms with E-state index in [1.165, 1.54) is 6.07 Å². The maximum Gasteiger partial charge on any atom is 0.371 e. The highest BCUT2D eigenvalue weighted by Gasteiger charge is 2.10. The number of furan rings is 1.